The maximum Gasteiger partial charge on any atom is 0.337 e. The third-order valence-corrected chi connectivity index (χ3v) is 2.44. The first-order valence-electron chi connectivity index (χ1n) is 5.12. The van der Waals surface area contributed by atoms with Crippen LogP contribution in [-0.2, 0) is 19.1 Å². The number of hydrogen-bond donors (Lipinski definition) is 0. The average molecular weight is 288 g/mol. The Hall–Kier alpha value is -1.95. The van der Waals surface area contributed by atoms with Crippen molar-refractivity contribution < 1.29 is 23.5 Å². The number of esters is 2. The van der Waals surface area contributed by atoms with Gasteiger partial charge in [0.2, 0.25) is 0 Å². The van der Waals surface area contributed by atoms with Gasteiger partial charge in [0.15, 0.2) is 11.9 Å². The molecule has 0 aliphatic carbocycles. The van der Waals surface area contributed by atoms with Gasteiger partial charge in [-0.05, 0) is 6.07 Å². The van der Waals surface area contributed by atoms with Crippen molar-refractivity contribution in [2.24, 2.45) is 0 Å². The number of methoxy groups -OCH3 is 1. The second-order valence-electron chi connectivity index (χ2n) is 3.53. The highest BCUT2D eigenvalue weighted by Crippen LogP contribution is 2.27. The predicted octanol–water partition coefficient (Wildman–Crippen LogP) is 2.21. The van der Waals surface area contributed by atoms with Crippen LogP contribution in [-0.4, -0.2) is 24.0 Å². The van der Waals surface area contributed by atoms with Crippen LogP contribution in [0, 0.1) is 5.82 Å². The van der Waals surface area contributed by atoms with Gasteiger partial charge in [-0.2, -0.15) is 0 Å². The average Bonchev–Trinajstić information content (AvgIpc) is 2.37. The summed E-state index contributed by atoms with van der Waals surface area (Å²) in [6.07, 6.45) is -0.318. The summed E-state index contributed by atoms with van der Waals surface area (Å²) in [6, 6.07) is 1.15. The first kappa shape index (κ1) is 15.1. The Balaban J connectivity index is 3.15. The zero-order valence-electron chi connectivity index (χ0n) is 10.3. The number of pyridine rings is 1. The van der Waals surface area contributed by atoms with Crippen molar-refractivity contribution in [1.29, 1.82) is 0 Å². The first-order chi connectivity index (χ1) is 8.86. The van der Waals surface area contributed by atoms with Gasteiger partial charge in [-0.25, -0.2) is 9.18 Å². The van der Waals surface area contributed by atoms with Gasteiger partial charge < -0.3 is 9.47 Å². The number of halogens is 2. The molecule has 1 heterocycles. The lowest BCUT2D eigenvalue weighted by atomic mass is 10.1. The van der Waals surface area contributed by atoms with Crippen LogP contribution < -0.4 is 0 Å². The lowest BCUT2D eigenvalue weighted by Gasteiger charge is -2.17. The summed E-state index contributed by atoms with van der Waals surface area (Å²) in [5.41, 5.74) is -0.0649. The van der Waals surface area contributed by atoms with Crippen LogP contribution in [0.5, 0.6) is 0 Å². The van der Waals surface area contributed by atoms with E-state index >= 15 is 0 Å². The summed E-state index contributed by atoms with van der Waals surface area (Å²) >= 11 is 5.61. The minimum absolute atomic E-state index is 0.0806. The molecule has 0 fully saturated rings. The Morgan fingerprint density at radius 1 is 1.53 bits per heavy atom. The fourth-order valence-electron chi connectivity index (χ4n) is 1.29. The Labute approximate surface area is 114 Å². The number of ether oxygens (including phenoxy) is 2. The summed E-state index contributed by atoms with van der Waals surface area (Å²) in [6.45, 7) is 4.63. The molecular formula is C12H11ClFNO4. The van der Waals surface area contributed by atoms with E-state index in [0.717, 1.165) is 26.3 Å². The predicted molar refractivity (Wildman–Crippen MR) is 64.9 cm³/mol. The highest BCUT2D eigenvalue weighted by Gasteiger charge is 2.26. The minimum Gasteiger partial charge on any atom is -0.466 e. The van der Waals surface area contributed by atoms with Crippen molar-refractivity contribution in [3.05, 3.63) is 40.9 Å². The monoisotopic (exact) mass is 287 g/mol. The molecule has 5 nitrogen and oxygen atoms in total. The maximum atomic E-state index is 13.0. The van der Waals surface area contributed by atoms with Crippen LogP contribution in [0.3, 0.4) is 0 Å². The molecule has 0 aliphatic rings. The molecule has 1 atom stereocenters. The van der Waals surface area contributed by atoms with E-state index in [1.165, 1.54) is 0 Å². The molecule has 0 aliphatic heterocycles. The SMILES string of the molecule is C=C(C(=O)OC)C(OC(C)=O)c1cc(Cl)c(F)cn1. The van der Waals surface area contributed by atoms with E-state index in [1.54, 1.807) is 0 Å². The zero-order valence-corrected chi connectivity index (χ0v) is 11.0. The van der Waals surface area contributed by atoms with Gasteiger partial charge in [-0.3, -0.25) is 9.78 Å². The Kier molecular flexibility index (Phi) is 5.00. The topological polar surface area (TPSA) is 65.5 Å². The molecule has 0 bridgehead atoms. The van der Waals surface area contributed by atoms with Gasteiger partial charge in [0.05, 0.1) is 29.6 Å². The van der Waals surface area contributed by atoms with Gasteiger partial charge >= 0.3 is 11.9 Å². The van der Waals surface area contributed by atoms with Crippen molar-refractivity contribution in [1.82, 2.24) is 4.98 Å². The van der Waals surface area contributed by atoms with Crippen LogP contribution in [0.2, 0.25) is 5.02 Å². The number of hydrogen-bond acceptors (Lipinski definition) is 5. The third-order valence-electron chi connectivity index (χ3n) is 2.15. The van der Waals surface area contributed by atoms with E-state index < -0.39 is 23.9 Å². The molecule has 1 unspecified atom stereocenters. The first-order valence-corrected chi connectivity index (χ1v) is 5.50. The fourth-order valence-corrected chi connectivity index (χ4v) is 1.45. The molecule has 1 aromatic rings. The molecule has 7 heteroatoms. The second-order valence-corrected chi connectivity index (χ2v) is 3.94. The molecule has 1 rings (SSSR count). The minimum atomic E-state index is -1.18. The summed E-state index contributed by atoms with van der Waals surface area (Å²) in [5.74, 6) is -2.15. The van der Waals surface area contributed by atoms with Crippen LogP contribution in [0.15, 0.2) is 24.4 Å². The molecule has 1 aromatic heterocycles. The Morgan fingerprint density at radius 3 is 2.63 bits per heavy atom. The third kappa shape index (κ3) is 3.75. The van der Waals surface area contributed by atoms with E-state index in [1.807, 2.05) is 0 Å². The second kappa shape index (κ2) is 6.29. The molecule has 0 saturated carbocycles. The maximum absolute atomic E-state index is 13.0. The van der Waals surface area contributed by atoms with E-state index in [9.17, 15) is 14.0 Å². The van der Waals surface area contributed by atoms with Gasteiger partial charge in [0, 0.05) is 6.92 Å². The largest absolute Gasteiger partial charge is 0.466 e. The molecule has 0 radical (unpaired) electrons. The number of rotatable bonds is 4. The van der Waals surface area contributed by atoms with Gasteiger partial charge in [0.25, 0.3) is 0 Å². The lowest BCUT2D eigenvalue weighted by molar-refractivity contribution is -0.147. The van der Waals surface area contributed by atoms with E-state index in [-0.39, 0.29) is 16.3 Å². The molecule has 0 N–H and O–H groups in total. The molecular weight excluding hydrogens is 277 g/mol. The molecule has 0 spiro atoms. The quantitative estimate of drug-likeness (QED) is 0.627. The van der Waals surface area contributed by atoms with Gasteiger partial charge in [-0.1, -0.05) is 18.2 Å². The zero-order chi connectivity index (χ0) is 14.6. The van der Waals surface area contributed by atoms with Crippen LogP contribution in [0.25, 0.3) is 0 Å². The highest BCUT2D eigenvalue weighted by molar-refractivity contribution is 6.30. The van der Waals surface area contributed by atoms with Crippen molar-refractivity contribution in [3.8, 4) is 0 Å². The Bertz CT molecular complexity index is 532. The van der Waals surface area contributed by atoms with Crippen molar-refractivity contribution in [3.63, 3.8) is 0 Å². The van der Waals surface area contributed by atoms with E-state index in [0.29, 0.717) is 0 Å². The van der Waals surface area contributed by atoms with Gasteiger partial charge in [-0.15, -0.1) is 0 Å². The smallest absolute Gasteiger partial charge is 0.337 e. The van der Waals surface area contributed by atoms with Crippen LogP contribution in [0.4, 0.5) is 4.39 Å². The number of carbonyl (C=O) groups excluding carboxylic acids is 2. The van der Waals surface area contributed by atoms with E-state index in [4.69, 9.17) is 16.3 Å². The summed E-state index contributed by atoms with van der Waals surface area (Å²) in [7, 11) is 1.16. The standard InChI is InChI=1S/C12H11ClFNO4/c1-6(12(17)18-3)11(19-7(2)16)10-4-8(13)9(14)5-15-10/h4-5,11H,1H2,2-3H3. The molecule has 0 saturated heterocycles. The van der Waals surface area contributed by atoms with E-state index in [2.05, 4.69) is 16.3 Å². The number of nitrogens with zero attached hydrogens (tertiary/aromatic N) is 1. The molecule has 0 aromatic carbocycles. The van der Waals surface area contributed by atoms with Crippen LogP contribution >= 0.6 is 11.6 Å². The summed E-state index contributed by atoms with van der Waals surface area (Å²) < 4.78 is 22.5. The Morgan fingerprint density at radius 2 is 2.16 bits per heavy atom. The highest BCUT2D eigenvalue weighted by atomic mass is 35.5. The molecule has 102 valence electrons. The summed E-state index contributed by atoms with van der Waals surface area (Å²) in [4.78, 5) is 26.2. The fraction of sp³-hybridized carbons (Fsp3) is 0.250. The normalized spacial score (nSPS) is 11.6. The van der Waals surface area contributed by atoms with Gasteiger partial charge in [0.1, 0.15) is 0 Å². The van der Waals surface area contributed by atoms with Crippen molar-refractivity contribution in [2.75, 3.05) is 7.11 Å². The molecule has 0 amide bonds. The number of carbonyl (C=O) groups is 2. The van der Waals surface area contributed by atoms with Crippen molar-refractivity contribution in [2.45, 2.75) is 13.0 Å². The summed E-state index contributed by atoms with van der Waals surface area (Å²) in [5, 5.41) is -0.209. The molecule has 19 heavy (non-hydrogen) atoms. The number of aromatic nitrogens is 1. The van der Waals surface area contributed by atoms with Crippen LogP contribution in [0.1, 0.15) is 18.7 Å². The lowest BCUT2D eigenvalue weighted by Crippen LogP contribution is -2.18. The van der Waals surface area contributed by atoms with Crippen molar-refractivity contribution >= 4 is 23.5 Å².